The molecule has 0 saturated heterocycles. The van der Waals surface area contributed by atoms with E-state index in [9.17, 15) is 10.1 Å². The number of hydrogen-bond donors (Lipinski definition) is 1. The van der Waals surface area contributed by atoms with E-state index in [2.05, 4.69) is 5.32 Å². The summed E-state index contributed by atoms with van der Waals surface area (Å²) in [5.74, 6) is 0. The first-order valence-corrected chi connectivity index (χ1v) is 6.24. The lowest BCUT2D eigenvalue weighted by Crippen LogP contribution is -1.99. The van der Waals surface area contributed by atoms with Crippen molar-refractivity contribution in [1.29, 1.82) is 0 Å². The number of nitro groups is 1. The van der Waals surface area contributed by atoms with Crippen LogP contribution in [0, 0.1) is 10.1 Å². The molecule has 0 bridgehead atoms. The van der Waals surface area contributed by atoms with Crippen molar-refractivity contribution >= 4 is 11.4 Å². The molecular weight excluding hydrogens is 256 g/mol. The monoisotopic (exact) mass is 272 g/mol. The number of non-ortho nitro benzene ring substituents is 1. The topological polar surface area (TPSA) is 64.4 Å². The highest BCUT2D eigenvalue weighted by molar-refractivity contribution is 5.48. The molecule has 0 saturated carbocycles. The van der Waals surface area contributed by atoms with E-state index in [0.717, 1.165) is 16.8 Å². The number of nitrogens with zero attached hydrogens (tertiary/aromatic N) is 1. The lowest BCUT2D eigenvalue weighted by Gasteiger charge is -2.07. The molecular formula is C15H16N2O3. The van der Waals surface area contributed by atoms with Crippen LogP contribution >= 0.6 is 0 Å². The van der Waals surface area contributed by atoms with Crippen LogP contribution in [0.25, 0.3) is 0 Å². The number of methoxy groups -OCH3 is 1. The summed E-state index contributed by atoms with van der Waals surface area (Å²) in [7, 11) is 1.67. The van der Waals surface area contributed by atoms with E-state index in [1.807, 2.05) is 24.3 Å². The van der Waals surface area contributed by atoms with Gasteiger partial charge in [0.05, 0.1) is 11.5 Å². The highest BCUT2D eigenvalue weighted by atomic mass is 16.6. The van der Waals surface area contributed by atoms with Crippen molar-refractivity contribution in [2.24, 2.45) is 0 Å². The third-order valence-corrected chi connectivity index (χ3v) is 2.91. The fourth-order valence-electron chi connectivity index (χ4n) is 1.83. The number of hydrogen-bond acceptors (Lipinski definition) is 4. The summed E-state index contributed by atoms with van der Waals surface area (Å²) in [6.07, 6.45) is 0. The zero-order chi connectivity index (χ0) is 14.4. The molecule has 1 N–H and O–H groups in total. The van der Waals surface area contributed by atoms with E-state index in [0.29, 0.717) is 13.2 Å². The summed E-state index contributed by atoms with van der Waals surface area (Å²) >= 11 is 0. The maximum atomic E-state index is 10.6. The molecule has 5 nitrogen and oxygen atoms in total. The second-order valence-corrected chi connectivity index (χ2v) is 4.41. The zero-order valence-corrected chi connectivity index (χ0v) is 11.2. The molecule has 0 radical (unpaired) electrons. The molecule has 5 heteroatoms. The normalized spacial score (nSPS) is 10.2. The number of ether oxygens (including phenoxy) is 1. The van der Waals surface area contributed by atoms with Crippen LogP contribution in [0.15, 0.2) is 48.5 Å². The van der Waals surface area contributed by atoms with Gasteiger partial charge in [-0.15, -0.1) is 0 Å². The van der Waals surface area contributed by atoms with Crippen LogP contribution in [0.2, 0.25) is 0 Å². The highest BCUT2D eigenvalue weighted by Crippen LogP contribution is 2.16. The largest absolute Gasteiger partial charge is 0.381 e. The number of nitrogens with one attached hydrogen (secondary N) is 1. The Kier molecular flexibility index (Phi) is 4.68. The number of anilines is 1. The molecule has 0 spiro atoms. The van der Waals surface area contributed by atoms with Crippen LogP contribution in [-0.4, -0.2) is 12.0 Å². The molecule has 0 atom stereocenters. The van der Waals surface area contributed by atoms with Gasteiger partial charge in [0.2, 0.25) is 0 Å². The van der Waals surface area contributed by atoms with Crippen LogP contribution in [0.3, 0.4) is 0 Å². The van der Waals surface area contributed by atoms with Crippen LogP contribution < -0.4 is 5.32 Å². The molecule has 0 heterocycles. The fraction of sp³-hybridized carbons (Fsp3) is 0.200. The van der Waals surface area contributed by atoms with Crippen LogP contribution in [0.1, 0.15) is 11.1 Å². The van der Waals surface area contributed by atoms with Crippen molar-refractivity contribution in [2.75, 3.05) is 12.4 Å². The van der Waals surface area contributed by atoms with E-state index < -0.39 is 4.92 Å². The standard InChI is InChI=1S/C15H16N2O3/c1-20-11-13-4-2-12(3-5-13)10-16-14-6-8-15(9-7-14)17(18)19/h2-9,16H,10-11H2,1H3. The molecule has 0 unspecified atom stereocenters. The molecule has 104 valence electrons. The Balaban J connectivity index is 1.92. The second-order valence-electron chi connectivity index (χ2n) is 4.41. The molecule has 2 aromatic rings. The molecule has 0 amide bonds. The Bertz CT molecular complexity index is 565. The lowest BCUT2D eigenvalue weighted by molar-refractivity contribution is -0.384. The smallest absolute Gasteiger partial charge is 0.269 e. The molecule has 2 rings (SSSR count). The number of rotatable bonds is 6. The Morgan fingerprint density at radius 1 is 1.05 bits per heavy atom. The average Bonchev–Trinajstić information content (AvgIpc) is 2.47. The molecule has 0 aliphatic rings. The van der Waals surface area contributed by atoms with E-state index in [4.69, 9.17) is 4.74 Å². The van der Waals surface area contributed by atoms with Crippen molar-refractivity contribution in [3.05, 3.63) is 69.8 Å². The first-order chi connectivity index (χ1) is 9.69. The van der Waals surface area contributed by atoms with Gasteiger partial charge >= 0.3 is 0 Å². The number of benzene rings is 2. The summed E-state index contributed by atoms with van der Waals surface area (Å²) in [6, 6.07) is 14.5. The Labute approximate surface area is 117 Å². The summed E-state index contributed by atoms with van der Waals surface area (Å²) in [4.78, 5) is 10.1. The van der Waals surface area contributed by atoms with Crippen molar-refractivity contribution in [3.63, 3.8) is 0 Å². The molecule has 2 aromatic carbocycles. The van der Waals surface area contributed by atoms with E-state index >= 15 is 0 Å². The van der Waals surface area contributed by atoms with Crippen molar-refractivity contribution in [2.45, 2.75) is 13.2 Å². The van der Waals surface area contributed by atoms with Gasteiger partial charge in [-0.2, -0.15) is 0 Å². The molecule has 0 fully saturated rings. The van der Waals surface area contributed by atoms with E-state index in [1.165, 1.54) is 12.1 Å². The van der Waals surface area contributed by atoms with Gasteiger partial charge in [0.25, 0.3) is 5.69 Å². The zero-order valence-electron chi connectivity index (χ0n) is 11.2. The van der Waals surface area contributed by atoms with Crippen LogP contribution in [-0.2, 0) is 17.9 Å². The highest BCUT2D eigenvalue weighted by Gasteiger charge is 2.03. The van der Waals surface area contributed by atoms with Crippen LogP contribution in [0.5, 0.6) is 0 Å². The quantitative estimate of drug-likeness (QED) is 0.647. The third-order valence-electron chi connectivity index (χ3n) is 2.91. The summed E-state index contributed by atoms with van der Waals surface area (Å²) in [5, 5.41) is 13.8. The second kappa shape index (κ2) is 6.68. The van der Waals surface area contributed by atoms with Crippen LogP contribution in [0.4, 0.5) is 11.4 Å². The minimum atomic E-state index is -0.404. The van der Waals surface area contributed by atoms with Gasteiger partial charge < -0.3 is 10.1 Å². The Morgan fingerprint density at radius 3 is 2.20 bits per heavy atom. The van der Waals surface area contributed by atoms with Crippen molar-refractivity contribution < 1.29 is 9.66 Å². The minimum absolute atomic E-state index is 0.0967. The molecule has 0 aliphatic heterocycles. The SMILES string of the molecule is COCc1ccc(CNc2ccc([N+](=O)[O-])cc2)cc1. The van der Waals surface area contributed by atoms with Gasteiger partial charge in [0.1, 0.15) is 0 Å². The molecule has 0 aromatic heterocycles. The van der Waals surface area contributed by atoms with Crippen molar-refractivity contribution in [3.8, 4) is 0 Å². The summed E-state index contributed by atoms with van der Waals surface area (Å²) in [5.41, 5.74) is 3.23. The summed E-state index contributed by atoms with van der Waals surface area (Å²) < 4.78 is 5.06. The Morgan fingerprint density at radius 2 is 1.65 bits per heavy atom. The minimum Gasteiger partial charge on any atom is -0.381 e. The van der Waals surface area contributed by atoms with E-state index in [1.54, 1.807) is 19.2 Å². The molecule has 0 aliphatic carbocycles. The lowest BCUT2D eigenvalue weighted by atomic mass is 10.1. The van der Waals surface area contributed by atoms with Gasteiger partial charge in [0.15, 0.2) is 0 Å². The predicted octanol–water partition coefficient (Wildman–Crippen LogP) is 3.35. The van der Waals surface area contributed by atoms with Crippen molar-refractivity contribution in [1.82, 2.24) is 0 Å². The maximum absolute atomic E-state index is 10.6. The fourth-order valence-corrected chi connectivity index (χ4v) is 1.83. The average molecular weight is 272 g/mol. The molecule has 20 heavy (non-hydrogen) atoms. The van der Waals surface area contributed by atoms with E-state index in [-0.39, 0.29) is 5.69 Å². The first-order valence-electron chi connectivity index (χ1n) is 6.24. The maximum Gasteiger partial charge on any atom is 0.269 e. The predicted molar refractivity (Wildman–Crippen MR) is 77.6 cm³/mol. The Hall–Kier alpha value is -2.40. The van der Waals surface area contributed by atoms with Gasteiger partial charge in [-0.3, -0.25) is 10.1 Å². The van der Waals surface area contributed by atoms with Gasteiger partial charge in [-0.25, -0.2) is 0 Å². The number of nitro benzene ring substituents is 1. The van der Waals surface area contributed by atoms with Gasteiger partial charge in [-0.1, -0.05) is 24.3 Å². The first kappa shape index (κ1) is 14.0. The van der Waals surface area contributed by atoms with Gasteiger partial charge in [0, 0.05) is 31.5 Å². The van der Waals surface area contributed by atoms with Gasteiger partial charge in [-0.05, 0) is 23.3 Å². The third kappa shape index (κ3) is 3.80. The summed E-state index contributed by atoms with van der Waals surface area (Å²) in [6.45, 7) is 1.28.